The predicted octanol–water partition coefficient (Wildman–Crippen LogP) is 2.59. The predicted molar refractivity (Wildman–Crippen MR) is 123 cm³/mol. The van der Waals surface area contributed by atoms with E-state index in [4.69, 9.17) is 0 Å². The summed E-state index contributed by atoms with van der Waals surface area (Å²) < 4.78 is 1.97. The minimum absolute atomic E-state index is 0.0438. The highest BCUT2D eigenvalue weighted by Gasteiger charge is 2.31. The average molecular weight is 453 g/mol. The van der Waals surface area contributed by atoms with Gasteiger partial charge in [0.15, 0.2) is 11.3 Å². The first-order chi connectivity index (χ1) is 15.5. The maximum absolute atomic E-state index is 13.2. The largest absolute Gasteiger partial charge is 0.339 e. The summed E-state index contributed by atoms with van der Waals surface area (Å²) in [6.07, 6.45) is 6.25. The van der Waals surface area contributed by atoms with Crippen LogP contribution in [0.15, 0.2) is 35.4 Å². The average Bonchev–Trinajstić information content (AvgIpc) is 3.58. The van der Waals surface area contributed by atoms with Crippen molar-refractivity contribution in [2.75, 3.05) is 40.3 Å². The molecule has 5 rings (SSSR count). The molecule has 1 atom stereocenters. The number of thiophene rings is 1. The summed E-state index contributed by atoms with van der Waals surface area (Å²) in [5, 5.41) is 3.85. The summed E-state index contributed by atoms with van der Waals surface area (Å²) in [5.41, 5.74) is 2.93. The van der Waals surface area contributed by atoms with Crippen LogP contribution in [0, 0.1) is 0 Å². The molecule has 168 valence electrons. The van der Waals surface area contributed by atoms with Crippen LogP contribution in [0.5, 0.6) is 0 Å². The molecule has 0 bridgehead atoms. The van der Waals surface area contributed by atoms with Crippen LogP contribution in [0.4, 0.5) is 0 Å². The normalized spacial score (nSPS) is 19.9. The van der Waals surface area contributed by atoms with Gasteiger partial charge in [0.25, 0.3) is 11.8 Å². The van der Waals surface area contributed by atoms with Crippen LogP contribution < -0.4 is 0 Å². The van der Waals surface area contributed by atoms with E-state index in [-0.39, 0.29) is 11.8 Å². The van der Waals surface area contributed by atoms with Crippen LogP contribution in [-0.4, -0.2) is 87.2 Å². The topological polar surface area (TPSA) is 74.0 Å². The molecule has 8 nitrogen and oxygen atoms in total. The summed E-state index contributed by atoms with van der Waals surface area (Å²) in [5.74, 6) is 0.369. The molecule has 0 N–H and O–H groups in total. The number of carbonyl (C=O) groups is 2. The molecule has 3 aromatic heterocycles. The maximum atomic E-state index is 13.2. The Hall–Kier alpha value is -2.78. The second-order valence-corrected chi connectivity index (χ2v) is 9.67. The molecular formula is C23H28N6O2S. The van der Waals surface area contributed by atoms with E-state index in [9.17, 15) is 9.59 Å². The fourth-order valence-corrected chi connectivity index (χ4v) is 5.48. The van der Waals surface area contributed by atoms with Crippen LogP contribution in [-0.2, 0) is 0 Å². The van der Waals surface area contributed by atoms with Crippen molar-refractivity contribution in [3.8, 4) is 0 Å². The Kier molecular flexibility index (Phi) is 5.69. The molecule has 2 saturated heterocycles. The quantitative estimate of drug-likeness (QED) is 0.608. The molecule has 0 radical (unpaired) electrons. The van der Waals surface area contributed by atoms with Crippen LogP contribution in [0.25, 0.3) is 5.65 Å². The van der Waals surface area contributed by atoms with E-state index in [1.165, 1.54) is 0 Å². The fraction of sp³-hybridized carbons (Fsp3) is 0.478. The lowest BCUT2D eigenvalue weighted by Crippen LogP contribution is -2.38. The lowest BCUT2D eigenvalue weighted by atomic mass is 9.93. The number of piperidine rings is 1. The number of hydrogen-bond donors (Lipinski definition) is 0. The summed E-state index contributed by atoms with van der Waals surface area (Å²) in [6.45, 7) is 2.92. The molecule has 5 heterocycles. The second kappa shape index (κ2) is 8.63. The lowest BCUT2D eigenvalue weighted by molar-refractivity contribution is 0.0711. The third-order valence-electron chi connectivity index (χ3n) is 6.81. The van der Waals surface area contributed by atoms with E-state index in [0.29, 0.717) is 23.3 Å². The number of imidazole rings is 1. The molecule has 2 fully saturated rings. The number of aromatic nitrogens is 3. The van der Waals surface area contributed by atoms with Gasteiger partial charge in [-0.15, -0.1) is 0 Å². The van der Waals surface area contributed by atoms with E-state index in [1.807, 2.05) is 37.1 Å². The van der Waals surface area contributed by atoms with Gasteiger partial charge in [0, 0.05) is 55.4 Å². The van der Waals surface area contributed by atoms with E-state index in [0.717, 1.165) is 56.7 Å². The number of fused-ring (bicyclic) bond motifs is 1. The number of likely N-dealkylation sites (N-methyl/N-ethyl adjacent to an activating group) is 1. The van der Waals surface area contributed by atoms with Gasteiger partial charge in [0.2, 0.25) is 0 Å². The number of amides is 2. The lowest BCUT2D eigenvalue weighted by Gasteiger charge is -2.32. The second-order valence-electron chi connectivity index (χ2n) is 8.89. The van der Waals surface area contributed by atoms with Crippen molar-refractivity contribution in [2.24, 2.45) is 0 Å². The minimum atomic E-state index is -0.0438. The Morgan fingerprint density at radius 3 is 2.50 bits per heavy atom. The van der Waals surface area contributed by atoms with Gasteiger partial charge in [0.1, 0.15) is 6.33 Å². The van der Waals surface area contributed by atoms with E-state index in [1.54, 1.807) is 23.9 Å². The van der Waals surface area contributed by atoms with Crippen LogP contribution in [0.1, 0.15) is 51.7 Å². The van der Waals surface area contributed by atoms with E-state index < -0.39 is 0 Å². The number of hydrogen-bond acceptors (Lipinski definition) is 6. The van der Waals surface area contributed by atoms with Crippen molar-refractivity contribution >= 4 is 28.8 Å². The van der Waals surface area contributed by atoms with Crippen LogP contribution >= 0.6 is 11.3 Å². The van der Waals surface area contributed by atoms with Crippen molar-refractivity contribution in [1.29, 1.82) is 0 Å². The van der Waals surface area contributed by atoms with E-state index >= 15 is 0 Å². The number of rotatable bonds is 4. The molecule has 3 aromatic rings. The highest BCUT2D eigenvalue weighted by molar-refractivity contribution is 7.08. The third-order valence-corrected chi connectivity index (χ3v) is 7.50. The molecule has 32 heavy (non-hydrogen) atoms. The van der Waals surface area contributed by atoms with Gasteiger partial charge in [-0.2, -0.15) is 11.3 Å². The van der Waals surface area contributed by atoms with E-state index in [2.05, 4.69) is 29.0 Å². The monoisotopic (exact) mass is 452 g/mol. The summed E-state index contributed by atoms with van der Waals surface area (Å²) in [4.78, 5) is 40.8. The van der Waals surface area contributed by atoms with Crippen molar-refractivity contribution in [1.82, 2.24) is 29.1 Å². The molecule has 2 aliphatic heterocycles. The molecule has 2 amide bonds. The fourth-order valence-electron chi connectivity index (χ4n) is 4.85. The zero-order valence-corrected chi connectivity index (χ0v) is 19.3. The molecule has 0 spiro atoms. The smallest absolute Gasteiger partial charge is 0.276 e. The minimum Gasteiger partial charge on any atom is -0.339 e. The standard InChI is InChI=1S/C23H28N6O2S/c1-26(2)18-6-11-28(13-18)23(31)20-21-24-8-3-19(29(21)15-25-20)16-4-9-27(10-5-16)22(30)17-7-12-32-14-17/h3,7-8,12,14-16,18H,4-6,9-11,13H2,1-2H3. The van der Waals surface area contributed by atoms with Gasteiger partial charge >= 0.3 is 0 Å². The van der Waals surface area contributed by atoms with Gasteiger partial charge < -0.3 is 14.7 Å². The highest BCUT2D eigenvalue weighted by atomic mass is 32.1. The van der Waals surface area contributed by atoms with Crippen LogP contribution in [0.3, 0.4) is 0 Å². The van der Waals surface area contributed by atoms with Crippen LogP contribution in [0.2, 0.25) is 0 Å². The zero-order valence-electron chi connectivity index (χ0n) is 18.5. The number of carbonyl (C=O) groups excluding carboxylic acids is 2. The van der Waals surface area contributed by atoms with Gasteiger partial charge in [-0.3, -0.25) is 14.0 Å². The molecule has 9 heteroatoms. The molecule has 0 aliphatic carbocycles. The Morgan fingerprint density at radius 1 is 1.03 bits per heavy atom. The van der Waals surface area contributed by atoms with Gasteiger partial charge in [0.05, 0.1) is 5.56 Å². The molecule has 0 saturated carbocycles. The molecule has 1 unspecified atom stereocenters. The number of nitrogens with zero attached hydrogens (tertiary/aromatic N) is 6. The Balaban J connectivity index is 1.32. The van der Waals surface area contributed by atoms with Crippen molar-refractivity contribution in [3.05, 3.63) is 52.4 Å². The first-order valence-electron chi connectivity index (χ1n) is 11.1. The first kappa shape index (κ1) is 21.1. The molecular weight excluding hydrogens is 424 g/mol. The Bertz CT molecular complexity index is 1120. The Labute approximate surface area is 191 Å². The molecule has 0 aromatic carbocycles. The van der Waals surface area contributed by atoms with Gasteiger partial charge in [-0.05, 0) is 50.9 Å². The van der Waals surface area contributed by atoms with Crippen molar-refractivity contribution in [3.63, 3.8) is 0 Å². The number of likely N-dealkylation sites (tertiary alicyclic amines) is 2. The van der Waals surface area contributed by atoms with Gasteiger partial charge in [-0.1, -0.05) is 0 Å². The van der Waals surface area contributed by atoms with Crippen molar-refractivity contribution < 1.29 is 9.59 Å². The summed E-state index contributed by atoms with van der Waals surface area (Å²) >= 11 is 1.55. The molecule has 2 aliphatic rings. The maximum Gasteiger partial charge on any atom is 0.276 e. The van der Waals surface area contributed by atoms with Gasteiger partial charge in [-0.25, -0.2) is 9.97 Å². The first-order valence-corrected chi connectivity index (χ1v) is 12.1. The zero-order chi connectivity index (χ0) is 22.2. The van der Waals surface area contributed by atoms with Crippen molar-refractivity contribution in [2.45, 2.75) is 31.2 Å². The third kappa shape index (κ3) is 3.80. The Morgan fingerprint density at radius 2 is 1.81 bits per heavy atom. The summed E-state index contributed by atoms with van der Waals surface area (Å²) in [7, 11) is 4.11. The summed E-state index contributed by atoms with van der Waals surface area (Å²) in [6, 6.07) is 4.29. The highest BCUT2D eigenvalue weighted by Crippen LogP contribution is 2.30. The SMILES string of the molecule is CN(C)C1CCN(C(=O)c2ncn3c(C4CCN(C(=O)c5ccsc5)CC4)ccnc23)C1.